The molecule has 1 aliphatic rings. The second kappa shape index (κ2) is 9.88. The number of rotatable bonds is 7. The first-order valence-electron chi connectivity index (χ1n) is 10.8. The normalized spacial score (nSPS) is 13.3. The van der Waals surface area contributed by atoms with Crippen LogP contribution in [-0.4, -0.2) is 36.1 Å². The van der Waals surface area contributed by atoms with Crippen LogP contribution < -0.4 is 20.3 Å². The molecule has 0 saturated carbocycles. The number of hydrogen-bond donors (Lipinski definition) is 2. The van der Waals surface area contributed by atoms with E-state index in [2.05, 4.69) is 21.4 Å². The Morgan fingerprint density at radius 1 is 1.33 bits per heavy atom. The molecule has 0 spiro atoms. The average molecular weight is 465 g/mol. The van der Waals surface area contributed by atoms with Gasteiger partial charge in [0.15, 0.2) is 23.9 Å². The number of carbonyl (C=O) groups is 1. The number of likely N-dealkylation sites (N-methyl/N-ethyl adjacent to an activating group) is 1. The van der Waals surface area contributed by atoms with Crippen molar-refractivity contribution in [2.75, 3.05) is 20.3 Å². The van der Waals surface area contributed by atoms with Gasteiger partial charge in [-0.3, -0.25) is 9.59 Å². The molecule has 9 heteroatoms. The van der Waals surface area contributed by atoms with E-state index in [0.29, 0.717) is 33.8 Å². The first-order valence-corrected chi connectivity index (χ1v) is 11.6. The molecule has 3 aromatic rings. The highest BCUT2D eigenvalue weighted by Crippen LogP contribution is 2.34. The van der Waals surface area contributed by atoms with Crippen molar-refractivity contribution >= 4 is 39.1 Å². The predicted molar refractivity (Wildman–Crippen MR) is 128 cm³/mol. The predicted octanol–water partition coefficient (Wildman–Crippen LogP) is 3.45. The van der Waals surface area contributed by atoms with Crippen LogP contribution in [0.1, 0.15) is 41.6 Å². The fourth-order valence-electron chi connectivity index (χ4n) is 3.90. The highest BCUT2D eigenvalue weighted by Gasteiger charge is 2.20. The van der Waals surface area contributed by atoms with Gasteiger partial charge in [0, 0.05) is 11.4 Å². The van der Waals surface area contributed by atoms with E-state index < -0.39 is 0 Å². The molecule has 0 atom stereocenters. The lowest BCUT2D eigenvalue weighted by molar-refractivity contribution is -0.123. The van der Waals surface area contributed by atoms with Gasteiger partial charge in [-0.1, -0.05) is 6.07 Å². The lowest BCUT2D eigenvalue weighted by Crippen LogP contribution is -2.28. The number of methoxy groups -OCH3 is 1. The van der Waals surface area contributed by atoms with Crippen LogP contribution in [0.3, 0.4) is 0 Å². The number of fused-ring (bicyclic) bond motifs is 3. The van der Waals surface area contributed by atoms with Crippen LogP contribution in [0.2, 0.25) is 0 Å². The van der Waals surface area contributed by atoms with Crippen LogP contribution in [0.25, 0.3) is 21.9 Å². The van der Waals surface area contributed by atoms with Crippen LogP contribution in [0, 0.1) is 11.3 Å². The van der Waals surface area contributed by atoms with Crippen LogP contribution in [0.4, 0.5) is 0 Å². The number of carbonyl (C=O) groups excluding carboxylic acids is 1. The van der Waals surface area contributed by atoms with Crippen molar-refractivity contribution in [3.8, 4) is 17.6 Å². The molecule has 0 saturated heterocycles. The second-order valence-electron chi connectivity index (χ2n) is 7.63. The minimum atomic E-state index is -0.226. The van der Waals surface area contributed by atoms with Gasteiger partial charge in [-0.05, 0) is 61.9 Å². The number of ether oxygens (including phenoxy) is 2. The molecule has 0 aliphatic heterocycles. The topological polar surface area (TPSA) is 117 Å². The molecule has 1 aliphatic carbocycles. The van der Waals surface area contributed by atoms with E-state index in [-0.39, 0.29) is 29.5 Å². The van der Waals surface area contributed by atoms with E-state index in [1.54, 1.807) is 35.6 Å². The Bertz CT molecular complexity index is 1330. The number of nitrogens with one attached hydrogen (secondary N) is 2. The van der Waals surface area contributed by atoms with Gasteiger partial charge in [0.1, 0.15) is 10.9 Å². The molecule has 0 unspecified atom stereocenters. The zero-order valence-corrected chi connectivity index (χ0v) is 19.3. The van der Waals surface area contributed by atoms with E-state index >= 15 is 0 Å². The number of amides is 1. The van der Waals surface area contributed by atoms with Crippen LogP contribution in [0.5, 0.6) is 11.5 Å². The van der Waals surface area contributed by atoms with Crippen molar-refractivity contribution in [3.63, 3.8) is 0 Å². The summed E-state index contributed by atoms with van der Waals surface area (Å²) in [5.74, 6) is 0.852. The van der Waals surface area contributed by atoms with Gasteiger partial charge >= 0.3 is 0 Å². The zero-order valence-electron chi connectivity index (χ0n) is 18.5. The monoisotopic (exact) mass is 464 g/mol. The van der Waals surface area contributed by atoms with Crippen molar-refractivity contribution in [1.82, 2.24) is 15.3 Å². The molecule has 2 N–H and O–H groups in total. The van der Waals surface area contributed by atoms with E-state index in [4.69, 9.17) is 9.47 Å². The van der Waals surface area contributed by atoms with Gasteiger partial charge in [0.25, 0.3) is 11.5 Å². The summed E-state index contributed by atoms with van der Waals surface area (Å²) in [6, 6.07) is 7.25. The molecule has 170 valence electrons. The Balaban J connectivity index is 1.65. The van der Waals surface area contributed by atoms with Gasteiger partial charge in [-0.15, -0.1) is 11.3 Å². The molecule has 0 bridgehead atoms. The van der Waals surface area contributed by atoms with Crippen LogP contribution in [0.15, 0.2) is 23.0 Å². The number of aromatic nitrogens is 2. The van der Waals surface area contributed by atoms with Gasteiger partial charge in [-0.2, -0.15) is 5.26 Å². The zero-order chi connectivity index (χ0) is 23.4. The summed E-state index contributed by atoms with van der Waals surface area (Å²) in [7, 11) is 1.50. The number of nitrogens with zero attached hydrogens (tertiary/aromatic N) is 2. The Morgan fingerprint density at radius 3 is 2.91 bits per heavy atom. The molecule has 2 heterocycles. The largest absolute Gasteiger partial charge is 0.493 e. The van der Waals surface area contributed by atoms with E-state index in [9.17, 15) is 14.9 Å². The number of hydrogen-bond acceptors (Lipinski definition) is 7. The average Bonchev–Trinajstić information content (AvgIpc) is 3.20. The van der Waals surface area contributed by atoms with E-state index in [1.165, 1.54) is 12.0 Å². The number of benzene rings is 1. The van der Waals surface area contributed by atoms with Crippen molar-refractivity contribution in [2.24, 2.45) is 0 Å². The minimum absolute atomic E-state index is 0.126. The second-order valence-corrected chi connectivity index (χ2v) is 8.71. The number of thiophene rings is 1. The lowest BCUT2D eigenvalue weighted by Gasteiger charge is -2.11. The van der Waals surface area contributed by atoms with Gasteiger partial charge in [0.05, 0.1) is 18.1 Å². The molecule has 33 heavy (non-hydrogen) atoms. The van der Waals surface area contributed by atoms with Crippen LogP contribution in [-0.2, 0) is 17.6 Å². The molecule has 0 radical (unpaired) electrons. The number of aryl methyl sites for hydroxylation is 2. The van der Waals surface area contributed by atoms with Crippen molar-refractivity contribution < 1.29 is 14.3 Å². The summed E-state index contributed by atoms with van der Waals surface area (Å²) < 4.78 is 10.9. The molecule has 4 rings (SSSR count). The van der Waals surface area contributed by atoms with Gasteiger partial charge < -0.3 is 19.8 Å². The first-order chi connectivity index (χ1) is 16.0. The first kappa shape index (κ1) is 22.6. The maximum Gasteiger partial charge on any atom is 0.260 e. The molecule has 8 nitrogen and oxygen atoms in total. The Hall–Kier alpha value is -3.64. The van der Waals surface area contributed by atoms with Crippen molar-refractivity contribution in [1.29, 1.82) is 5.26 Å². The number of H-pyrrole nitrogens is 1. The summed E-state index contributed by atoms with van der Waals surface area (Å²) in [5, 5.41) is 13.1. The fourth-order valence-corrected chi connectivity index (χ4v) is 5.16. The van der Waals surface area contributed by atoms with E-state index in [1.807, 2.05) is 6.92 Å². The standard InChI is InChI=1S/C24H24N4O4S/c1-3-26-20(29)13-32-17-9-8-14(11-18(17)31-2)10-15(12-25)22-27-23(30)21-16-6-4-5-7-19(16)33-24(21)28-22/h8-11H,3-7,13H2,1-2H3,(H,26,29)(H,27,28,30)/b15-10+. The molecule has 0 fully saturated rings. The summed E-state index contributed by atoms with van der Waals surface area (Å²) >= 11 is 1.54. The minimum Gasteiger partial charge on any atom is -0.493 e. The number of nitriles is 1. The quantitative estimate of drug-likeness (QED) is 0.517. The fraction of sp³-hybridized carbons (Fsp3) is 0.333. The molecule has 1 aromatic carbocycles. The third-order valence-corrected chi connectivity index (χ3v) is 6.62. The van der Waals surface area contributed by atoms with Gasteiger partial charge in [-0.25, -0.2) is 4.98 Å². The van der Waals surface area contributed by atoms with Crippen LogP contribution >= 0.6 is 11.3 Å². The highest BCUT2D eigenvalue weighted by atomic mass is 32.1. The van der Waals surface area contributed by atoms with Crippen molar-refractivity contribution in [3.05, 3.63) is 50.4 Å². The molecular formula is C24H24N4O4S. The lowest BCUT2D eigenvalue weighted by atomic mass is 9.97. The maximum absolute atomic E-state index is 12.8. The number of aromatic amines is 1. The summed E-state index contributed by atoms with van der Waals surface area (Å²) in [6.07, 6.45) is 5.70. The third kappa shape index (κ3) is 4.76. The van der Waals surface area contributed by atoms with Gasteiger partial charge in [0.2, 0.25) is 0 Å². The molecule has 2 aromatic heterocycles. The Kier molecular flexibility index (Phi) is 6.75. The number of allylic oxidation sites excluding steroid dienone is 1. The molecular weight excluding hydrogens is 440 g/mol. The smallest absolute Gasteiger partial charge is 0.260 e. The summed E-state index contributed by atoms with van der Waals surface area (Å²) in [5.41, 5.74) is 1.81. The third-order valence-electron chi connectivity index (χ3n) is 5.43. The highest BCUT2D eigenvalue weighted by molar-refractivity contribution is 7.18. The maximum atomic E-state index is 12.8. The Morgan fingerprint density at radius 2 is 2.15 bits per heavy atom. The van der Waals surface area contributed by atoms with Crippen molar-refractivity contribution in [2.45, 2.75) is 32.6 Å². The molecule has 1 amide bonds. The SMILES string of the molecule is CCNC(=O)COc1ccc(/C=C(\C#N)c2nc3sc4c(c3c(=O)[nH]2)CCCC4)cc1OC. The Labute approximate surface area is 194 Å². The van der Waals surface area contributed by atoms with E-state index in [0.717, 1.165) is 31.2 Å². The summed E-state index contributed by atoms with van der Waals surface area (Å²) in [6.45, 7) is 2.23. The summed E-state index contributed by atoms with van der Waals surface area (Å²) in [4.78, 5) is 33.8.